The number of nitrogens with zero attached hydrogens (tertiary/aromatic N) is 1. The van der Waals surface area contributed by atoms with Crippen molar-refractivity contribution in [1.82, 2.24) is 4.90 Å². The minimum atomic E-state index is -1.08. The Bertz CT molecular complexity index is 536. The van der Waals surface area contributed by atoms with Gasteiger partial charge in [0.2, 0.25) is 0 Å². The van der Waals surface area contributed by atoms with Crippen molar-refractivity contribution < 1.29 is 24.2 Å². The number of carboxylic acid groups (broad SMARTS) is 1. The third kappa shape index (κ3) is 3.86. The van der Waals surface area contributed by atoms with Crippen molar-refractivity contribution in [1.29, 1.82) is 0 Å². The summed E-state index contributed by atoms with van der Waals surface area (Å²) in [6.45, 7) is 2.17. The van der Waals surface area contributed by atoms with E-state index in [1.165, 1.54) is 4.90 Å². The predicted molar refractivity (Wildman–Crippen MR) is 75.5 cm³/mol. The van der Waals surface area contributed by atoms with Crippen LogP contribution in [0, 0.1) is 0 Å². The number of ether oxygens (including phenoxy) is 2. The molecule has 1 aliphatic rings. The molecule has 1 aromatic rings. The van der Waals surface area contributed by atoms with Crippen LogP contribution in [0.2, 0.25) is 5.02 Å². The van der Waals surface area contributed by atoms with Gasteiger partial charge in [0.25, 0.3) is 5.91 Å². The van der Waals surface area contributed by atoms with Gasteiger partial charge in [-0.1, -0.05) is 23.7 Å². The molecule has 21 heavy (non-hydrogen) atoms. The van der Waals surface area contributed by atoms with Crippen molar-refractivity contribution in [2.45, 2.75) is 19.1 Å². The lowest BCUT2D eigenvalue weighted by Crippen LogP contribution is -2.51. The van der Waals surface area contributed by atoms with Crippen LogP contribution < -0.4 is 4.74 Å². The first-order valence-electron chi connectivity index (χ1n) is 6.53. The topological polar surface area (TPSA) is 76.1 Å². The Morgan fingerprint density at radius 3 is 2.86 bits per heavy atom. The number of aliphatic carboxylic acids is 1. The highest BCUT2D eigenvalue weighted by Gasteiger charge is 2.31. The van der Waals surface area contributed by atoms with Gasteiger partial charge in [-0.05, 0) is 19.1 Å². The Kier molecular flexibility index (Phi) is 5.03. The lowest BCUT2D eigenvalue weighted by Gasteiger charge is -2.32. The molecule has 2 atom stereocenters. The molecule has 2 rings (SSSR count). The monoisotopic (exact) mass is 313 g/mol. The summed E-state index contributed by atoms with van der Waals surface area (Å²) in [7, 11) is 0. The average Bonchev–Trinajstić information content (AvgIpc) is 2.49. The number of hydrogen-bond acceptors (Lipinski definition) is 4. The lowest BCUT2D eigenvalue weighted by molar-refractivity contribution is -0.161. The van der Waals surface area contributed by atoms with Gasteiger partial charge in [0.15, 0.2) is 12.2 Å². The van der Waals surface area contributed by atoms with Crippen molar-refractivity contribution in [3.63, 3.8) is 0 Å². The van der Waals surface area contributed by atoms with Gasteiger partial charge >= 0.3 is 5.97 Å². The number of carboxylic acids is 1. The van der Waals surface area contributed by atoms with E-state index in [1.54, 1.807) is 31.2 Å². The summed E-state index contributed by atoms with van der Waals surface area (Å²) >= 11 is 5.98. The molecule has 6 nitrogen and oxygen atoms in total. The van der Waals surface area contributed by atoms with Crippen LogP contribution >= 0.6 is 11.6 Å². The van der Waals surface area contributed by atoms with Gasteiger partial charge in [0.1, 0.15) is 5.75 Å². The van der Waals surface area contributed by atoms with Crippen molar-refractivity contribution in [2.24, 2.45) is 0 Å². The number of halogens is 1. The van der Waals surface area contributed by atoms with Gasteiger partial charge < -0.3 is 19.5 Å². The zero-order valence-electron chi connectivity index (χ0n) is 11.5. The molecule has 0 aromatic heterocycles. The highest BCUT2D eigenvalue weighted by molar-refractivity contribution is 6.32. The number of para-hydroxylation sites is 1. The first-order chi connectivity index (χ1) is 9.99. The number of rotatable bonds is 4. The summed E-state index contributed by atoms with van der Waals surface area (Å²) in [5.41, 5.74) is 0. The van der Waals surface area contributed by atoms with E-state index in [9.17, 15) is 9.59 Å². The minimum absolute atomic E-state index is 0.0182. The SMILES string of the molecule is C[C@H](Oc1ccccc1Cl)C(=O)N1CCO[C@H](C(=O)O)C1. The molecule has 1 fully saturated rings. The zero-order valence-corrected chi connectivity index (χ0v) is 12.2. The highest BCUT2D eigenvalue weighted by Crippen LogP contribution is 2.24. The third-order valence-electron chi connectivity index (χ3n) is 3.14. The van der Waals surface area contributed by atoms with Crippen molar-refractivity contribution in [2.75, 3.05) is 19.7 Å². The maximum Gasteiger partial charge on any atom is 0.334 e. The summed E-state index contributed by atoms with van der Waals surface area (Å²) < 4.78 is 10.6. The number of hydrogen-bond donors (Lipinski definition) is 1. The lowest BCUT2D eigenvalue weighted by atomic mass is 10.2. The molecule has 7 heteroatoms. The van der Waals surface area contributed by atoms with E-state index >= 15 is 0 Å². The van der Waals surface area contributed by atoms with Crippen LogP contribution in [0.15, 0.2) is 24.3 Å². The van der Waals surface area contributed by atoms with E-state index in [0.717, 1.165) is 0 Å². The van der Waals surface area contributed by atoms with Gasteiger partial charge in [0, 0.05) is 6.54 Å². The quantitative estimate of drug-likeness (QED) is 0.910. The van der Waals surface area contributed by atoms with Crippen LogP contribution in [0.3, 0.4) is 0 Å². The normalized spacial score (nSPS) is 19.9. The number of carbonyl (C=O) groups is 2. The maximum atomic E-state index is 12.3. The molecule has 1 saturated heterocycles. The summed E-state index contributed by atoms with van der Waals surface area (Å²) in [6.07, 6.45) is -1.74. The molecular formula is C14H16ClNO5. The van der Waals surface area contributed by atoms with Crippen LogP contribution in [0.4, 0.5) is 0 Å². The molecule has 0 unspecified atom stereocenters. The van der Waals surface area contributed by atoms with Crippen molar-refractivity contribution in [3.05, 3.63) is 29.3 Å². The standard InChI is InChI=1S/C14H16ClNO5/c1-9(21-11-5-3-2-4-10(11)15)13(17)16-6-7-20-12(8-16)14(18)19/h2-5,9,12H,6-8H2,1H3,(H,18,19)/t9-,12-/m0/s1. The molecule has 0 bridgehead atoms. The second kappa shape index (κ2) is 6.78. The summed E-state index contributed by atoms with van der Waals surface area (Å²) in [4.78, 5) is 24.6. The van der Waals surface area contributed by atoms with E-state index in [0.29, 0.717) is 17.3 Å². The Hall–Kier alpha value is -1.79. The average molecular weight is 314 g/mol. The van der Waals surface area contributed by atoms with E-state index in [4.69, 9.17) is 26.2 Å². The Morgan fingerprint density at radius 1 is 1.48 bits per heavy atom. The van der Waals surface area contributed by atoms with Crippen LogP contribution in [-0.2, 0) is 14.3 Å². The second-order valence-electron chi connectivity index (χ2n) is 4.67. The van der Waals surface area contributed by atoms with Gasteiger partial charge in [0.05, 0.1) is 18.2 Å². The fraction of sp³-hybridized carbons (Fsp3) is 0.429. The van der Waals surface area contributed by atoms with Crippen LogP contribution in [-0.4, -0.2) is 53.8 Å². The predicted octanol–water partition coefficient (Wildman–Crippen LogP) is 1.42. The largest absolute Gasteiger partial charge is 0.479 e. The molecule has 1 aromatic carbocycles. The Balaban J connectivity index is 1.99. The third-order valence-corrected chi connectivity index (χ3v) is 3.45. The van der Waals surface area contributed by atoms with Gasteiger partial charge in [-0.2, -0.15) is 0 Å². The number of morpholine rings is 1. The van der Waals surface area contributed by atoms with Gasteiger partial charge in [-0.25, -0.2) is 4.79 Å². The van der Waals surface area contributed by atoms with Crippen molar-refractivity contribution >= 4 is 23.5 Å². The van der Waals surface area contributed by atoms with E-state index in [-0.39, 0.29) is 19.1 Å². The van der Waals surface area contributed by atoms with Crippen LogP contribution in [0.5, 0.6) is 5.75 Å². The molecule has 1 aliphatic heterocycles. The molecule has 0 spiro atoms. The molecule has 0 aliphatic carbocycles. The summed E-state index contributed by atoms with van der Waals surface area (Å²) in [6, 6.07) is 6.86. The van der Waals surface area contributed by atoms with Crippen molar-refractivity contribution in [3.8, 4) is 5.75 Å². The Morgan fingerprint density at radius 2 is 2.19 bits per heavy atom. The fourth-order valence-electron chi connectivity index (χ4n) is 2.04. The second-order valence-corrected chi connectivity index (χ2v) is 5.08. The number of amides is 1. The zero-order chi connectivity index (χ0) is 15.4. The highest BCUT2D eigenvalue weighted by atomic mass is 35.5. The van der Waals surface area contributed by atoms with Crippen LogP contribution in [0.25, 0.3) is 0 Å². The molecule has 114 valence electrons. The molecule has 0 radical (unpaired) electrons. The summed E-state index contributed by atoms with van der Waals surface area (Å²) in [5, 5.41) is 9.36. The van der Waals surface area contributed by atoms with E-state index in [1.807, 2.05) is 0 Å². The molecule has 0 saturated carbocycles. The summed E-state index contributed by atoms with van der Waals surface area (Å²) in [5.74, 6) is -0.945. The number of benzene rings is 1. The minimum Gasteiger partial charge on any atom is -0.479 e. The molecule has 1 N–H and O–H groups in total. The Labute approximate surface area is 127 Å². The first kappa shape index (κ1) is 15.6. The maximum absolute atomic E-state index is 12.3. The van der Waals surface area contributed by atoms with Gasteiger partial charge in [-0.3, -0.25) is 4.79 Å². The molecule has 1 heterocycles. The smallest absolute Gasteiger partial charge is 0.334 e. The van der Waals surface area contributed by atoms with Crippen LogP contribution in [0.1, 0.15) is 6.92 Å². The van der Waals surface area contributed by atoms with Gasteiger partial charge in [-0.15, -0.1) is 0 Å². The van der Waals surface area contributed by atoms with E-state index < -0.39 is 18.2 Å². The van der Waals surface area contributed by atoms with E-state index in [2.05, 4.69) is 0 Å². The number of carbonyl (C=O) groups excluding carboxylic acids is 1. The fourth-order valence-corrected chi connectivity index (χ4v) is 2.22. The first-order valence-corrected chi connectivity index (χ1v) is 6.91. The molecule has 1 amide bonds. The molecular weight excluding hydrogens is 298 g/mol.